The highest BCUT2D eigenvalue weighted by Crippen LogP contribution is 2.47. The van der Waals surface area contributed by atoms with Gasteiger partial charge in [-0.25, -0.2) is 0 Å². The van der Waals surface area contributed by atoms with Crippen molar-refractivity contribution in [3.8, 4) is 0 Å². The van der Waals surface area contributed by atoms with E-state index in [2.05, 4.69) is 15.4 Å². The third-order valence-corrected chi connectivity index (χ3v) is 4.87. The minimum atomic E-state index is -0.842. The topological polar surface area (TPSA) is 125 Å². The standard InChI is InChI=1S/C16H16N6O3/c17-13(23)8-22-12-4-2-1-3-10(12)16(15(22)25)5-6-21(9-16)14(24)11-7-18-20-19-11/h1-4,7H,5-6,8-9H2,(H2,17,23)(H,18,19,20)/t16-/m1/s1. The van der Waals surface area contributed by atoms with E-state index in [0.717, 1.165) is 5.56 Å². The number of carbonyl (C=O) groups excluding carboxylic acids is 3. The lowest BCUT2D eigenvalue weighted by atomic mass is 9.81. The number of anilines is 1. The van der Waals surface area contributed by atoms with Crippen molar-refractivity contribution in [3.63, 3.8) is 0 Å². The Morgan fingerprint density at radius 2 is 2.12 bits per heavy atom. The predicted molar refractivity (Wildman–Crippen MR) is 86.6 cm³/mol. The monoisotopic (exact) mass is 340 g/mol. The molecule has 0 saturated carbocycles. The van der Waals surface area contributed by atoms with Crippen LogP contribution in [-0.2, 0) is 15.0 Å². The van der Waals surface area contributed by atoms with E-state index in [1.807, 2.05) is 18.2 Å². The lowest BCUT2D eigenvalue weighted by Crippen LogP contribution is -2.45. The van der Waals surface area contributed by atoms with Crippen molar-refractivity contribution in [2.75, 3.05) is 24.5 Å². The average Bonchev–Trinajstić information content (AvgIpc) is 3.32. The normalized spacial score (nSPS) is 21.8. The summed E-state index contributed by atoms with van der Waals surface area (Å²) in [6.45, 7) is 0.495. The number of hydrogen-bond donors (Lipinski definition) is 2. The maximum absolute atomic E-state index is 13.1. The van der Waals surface area contributed by atoms with Gasteiger partial charge < -0.3 is 15.5 Å². The number of benzene rings is 1. The largest absolute Gasteiger partial charge is 0.368 e. The zero-order chi connectivity index (χ0) is 17.6. The number of nitrogens with two attached hydrogens (primary N) is 1. The number of nitrogens with one attached hydrogen (secondary N) is 1. The van der Waals surface area contributed by atoms with Gasteiger partial charge >= 0.3 is 0 Å². The Bertz CT molecular complexity index is 865. The summed E-state index contributed by atoms with van der Waals surface area (Å²) in [5.74, 6) is -1.04. The Morgan fingerprint density at radius 3 is 2.84 bits per heavy atom. The number of para-hydroxylation sites is 1. The van der Waals surface area contributed by atoms with Crippen LogP contribution in [0.1, 0.15) is 22.5 Å². The van der Waals surface area contributed by atoms with Gasteiger partial charge in [-0.1, -0.05) is 18.2 Å². The minimum absolute atomic E-state index is 0.172. The molecule has 1 aromatic heterocycles. The fraction of sp³-hybridized carbons (Fsp3) is 0.312. The first-order valence-corrected chi connectivity index (χ1v) is 7.88. The summed E-state index contributed by atoms with van der Waals surface area (Å²) in [7, 11) is 0. The van der Waals surface area contributed by atoms with Crippen LogP contribution in [0.15, 0.2) is 30.5 Å². The summed E-state index contributed by atoms with van der Waals surface area (Å²) in [6, 6.07) is 7.33. The highest BCUT2D eigenvalue weighted by atomic mass is 16.2. The number of nitrogens with zero attached hydrogens (tertiary/aromatic N) is 4. The van der Waals surface area contributed by atoms with Crippen molar-refractivity contribution in [1.82, 2.24) is 20.3 Å². The van der Waals surface area contributed by atoms with Crippen LogP contribution >= 0.6 is 0 Å². The SMILES string of the molecule is NC(=O)CN1C(=O)[C@@]2(CCN(C(=O)c3cn[nH]n3)C2)c2ccccc21. The Balaban J connectivity index is 1.69. The molecule has 0 unspecified atom stereocenters. The van der Waals surface area contributed by atoms with Crippen LogP contribution < -0.4 is 10.6 Å². The maximum atomic E-state index is 13.1. The quantitative estimate of drug-likeness (QED) is 0.773. The smallest absolute Gasteiger partial charge is 0.276 e. The maximum Gasteiger partial charge on any atom is 0.276 e. The van der Waals surface area contributed by atoms with E-state index < -0.39 is 11.3 Å². The van der Waals surface area contributed by atoms with Gasteiger partial charge in [0.2, 0.25) is 11.8 Å². The minimum Gasteiger partial charge on any atom is -0.368 e. The van der Waals surface area contributed by atoms with Crippen molar-refractivity contribution >= 4 is 23.4 Å². The number of aromatic amines is 1. The molecule has 9 heteroatoms. The fourth-order valence-corrected chi connectivity index (χ4v) is 3.75. The third-order valence-electron chi connectivity index (χ3n) is 4.87. The van der Waals surface area contributed by atoms with Gasteiger partial charge in [0.1, 0.15) is 6.54 Å². The van der Waals surface area contributed by atoms with E-state index in [-0.39, 0.29) is 30.6 Å². The molecule has 2 aliphatic rings. The van der Waals surface area contributed by atoms with Crippen LogP contribution in [0.4, 0.5) is 5.69 Å². The summed E-state index contributed by atoms with van der Waals surface area (Å²) < 4.78 is 0. The second-order valence-electron chi connectivity index (χ2n) is 6.29. The summed E-state index contributed by atoms with van der Waals surface area (Å²) in [5.41, 5.74) is 6.19. The van der Waals surface area contributed by atoms with Gasteiger partial charge in [0.25, 0.3) is 5.91 Å². The molecule has 3 amide bonds. The Labute approximate surface area is 142 Å². The third kappa shape index (κ3) is 2.19. The average molecular weight is 340 g/mol. The molecule has 1 saturated heterocycles. The van der Waals surface area contributed by atoms with Crippen molar-refractivity contribution < 1.29 is 14.4 Å². The molecule has 1 fully saturated rings. The molecule has 4 rings (SSSR count). The highest BCUT2D eigenvalue weighted by molar-refractivity contribution is 6.11. The molecule has 1 aromatic carbocycles. The van der Waals surface area contributed by atoms with Crippen LogP contribution in [0.2, 0.25) is 0 Å². The zero-order valence-electron chi connectivity index (χ0n) is 13.3. The molecule has 0 aliphatic carbocycles. The van der Waals surface area contributed by atoms with Crippen LogP contribution in [0.5, 0.6) is 0 Å². The number of amides is 3. The van der Waals surface area contributed by atoms with Gasteiger partial charge in [-0.05, 0) is 18.1 Å². The number of primary amides is 1. The molecule has 9 nitrogen and oxygen atoms in total. The summed E-state index contributed by atoms with van der Waals surface area (Å²) >= 11 is 0. The second kappa shape index (κ2) is 5.40. The zero-order valence-corrected chi connectivity index (χ0v) is 13.3. The molecule has 3 N–H and O–H groups in total. The Morgan fingerprint density at radius 1 is 1.32 bits per heavy atom. The summed E-state index contributed by atoms with van der Waals surface area (Å²) in [5, 5.41) is 9.87. The first-order valence-electron chi connectivity index (χ1n) is 7.88. The van der Waals surface area contributed by atoms with Crippen LogP contribution in [0.3, 0.4) is 0 Å². The second-order valence-corrected chi connectivity index (χ2v) is 6.29. The fourth-order valence-electron chi connectivity index (χ4n) is 3.75. The van der Waals surface area contributed by atoms with Gasteiger partial charge in [0.05, 0.1) is 11.6 Å². The van der Waals surface area contributed by atoms with Crippen LogP contribution in [0, 0.1) is 0 Å². The molecule has 0 radical (unpaired) electrons. The van der Waals surface area contributed by atoms with Gasteiger partial charge in [-0.2, -0.15) is 15.4 Å². The lowest BCUT2D eigenvalue weighted by Gasteiger charge is -2.23. The molecule has 1 spiro atoms. The van der Waals surface area contributed by atoms with Crippen LogP contribution in [-0.4, -0.2) is 57.7 Å². The van der Waals surface area contributed by atoms with Gasteiger partial charge in [0.15, 0.2) is 5.69 Å². The molecule has 0 bridgehead atoms. The molecule has 3 heterocycles. The number of fused-ring (bicyclic) bond motifs is 2. The van der Waals surface area contributed by atoms with Crippen molar-refractivity contribution in [2.45, 2.75) is 11.8 Å². The van der Waals surface area contributed by atoms with Crippen molar-refractivity contribution in [1.29, 1.82) is 0 Å². The predicted octanol–water partition coefficient (Wildman–Crippen LogP) is -0.579. The van der Waals surface area contributed by atoms with E-state index in [1.54, 1.807) is 11.0 Å². The lowest BCUT2D eigenvalue weighted by molar-refractivity contribution is -0.125. The van der Waals surface area contributed by atoms with Crippen molar-refractivity contribution in [2.24, 2.45) is 5.73 Å². The number of likely N-dealkylation sites (tertiary alicyclic amines) is 1. The first-order chi connectivity index (χ1) is 12.0. The van der Waals surface area contributed by atoms with Crippen molar-refractivity contribution in [3.05, 3.63) is 41.7 Å². The van der Waals surface area contributed by atoms with Gasteiger partial charge in [-0.3, -0.25) is 14.4 Å². The molecule has 2 aliphatic heterocycles. The Kier molecular flexibility index (Phi) is 3.31. The first kappa shape index (κ1) is 15.3. The molecule has 1 atom stereocenters. The summed E-state index contributed by atoms with van der Waals surface area (Å²) in [4.78, 5) is 40.1. The van der Waals surface area contributed by atoms with E-state index >= 15 is 0 Å². The molecule has 25 heavy (non-hydrogen) atoms. The van der Waals surface area contributed by atoms with Crippen LogP contribution in [0.25, 0.3) is 0 Å². The number of rotatable bonds is 3. The van der Waals surface area contributed by atoms with Gasteiger partial charge in [-0.15, -0.1) is 0 Å². The molecule has 128 valence electrons. The van der Waals surface area contributed by atoms with E-state index in [4.69, 9.17) is 5.73 Å². The summed E-state index contributed by atoms with van der Waals surface area (Å²) in [6.07, 6.45) is 1.85. The number of H-pyrrole nitrogens is 1. The van der Waals surface area contributed by atoms with Gasteiger partial charge in [0, 0.05) is 18.8 Å². The van der Waals surface area contributed by atoms with E-state index in [0.29, 0.717) is 18.7 Å². The number of aromatic nitrogens is 3. The molecular weight excluding hydrogens is 324 g/mol. The van der Waals surface area contributed by atoms with E-state index in [1.165, 1.54) is 11.1 Å². The Hall–Kier alpha value is -3.23. The molecule has 2 aromatic rings. The van der Waals surface area contributed by atoms with E-state index in [9.17, 15) is 14.4 Å². The number of hydrogen-bond acceptors (Lipinski definition) is 5. The highest BCUT2D eigenvalue weighted by Gasteiger charge is 2.55. The molecular formula is C16H16N6O3. The number of carbonyl (C=O) groups is 3.